The molecule has 0 fully saturated rings. The summed E-state index contributed by atoms with van der Waals surface area (Å²) in [5, 5.41) is 9.38. The summed E-state index contributed by atoms with van der Waals surface area (Å²) in [5.74, 6) is -0.170. The van der Waals surface area contributed by atoms with Crippen LogP contribution in [-0.4, -0.2) is 0 Å². The Morgan fingerprint density at radius 3 is 2.18 bits per heavy atom. The number of rotatable bonds is 2. The third kappa shape index (κ3) is 2.37. The fraction of sp³-hybridized carbons (Fsp3) is 0.188. The normalized spacial score (nSPS) is 11.8. The molecule has 1 unspecified atom stereocenters. The molecule has 0 aromatic heterocycles. The first kappa shape index (κ1) is 11.4. The Morgan fingerprint density at radius 1 is 0.941 bits per heavy atom. The minimum atomic E-state index is -0.170. The largest absolute Gasteiger partial charge is 0.197 e. The fourth-order valence-corrected chi connectivity index (χ4v) is 1.99. The molecule has 0 heterocycles. The molecule has 1 heteroatoms. The zero-order valence-corrected chi connectivity index (χ0v) is 10.1. The van der Waals surface area contributed by atoms with Crippen molar-refractivity contribution >= 4 is 0 Å². The van der Waals surface area contributed by atoms with E-state index in [1.807, 2.05) is 43.3 Å². The van der Waals surface area contributed by atoms with Crippen LogP contribution >= 0.6 is 0 Å². The first-order valence-corrected chi connectivity index (χ1v) is 5.74. The average molecular weight is 221 g/mol. The standard InChI is InChI=1S/C16H15N/c1-12-7-9-14(10-8-12)16(11-17)15-6-4-3-5-13(15)2/h3-10,16H,1-2H3. The molecule has 2 aromatic carbocycles. The van der Waals surface area contributed by atoms with Crippen LogP contribution in [0.2, 0.25) is 0 Å². The molecule has 0 radical (unpaired) electrons. The molecule has 2 rings (SSSR count). The first-order chi connectivity index (χ1) is 8.22. The van der Waals surface area contributed by atoms with Crippen LogP contribution in [0.3, 0.4) is 0 Å². The summed E-state index contributed by atoms with van der Waals surface area (Å²) in [6.45, 7) is 4.10. The van der Waals surface area contributed by atoms with Crippen molar-refractivity contribution in [3.63, 3.8) is 0 Å². The van der Waals surface area contributed by atoms with Crippen LogP contribution in [0.1, 0.15) is 28.2 Å². The lowest BCUT2D eigenvalue weighted by atomic mass is 9.89. The van der Waals surface area contributed by atoms with Crippen molar-refractivity contribution < 1.29 is 0 Å². The molecule has 1 nitrogen and oxygen atoms in total. The van der Waals surface area contributed by atoms with Gasteiger partial charge in [-0.25, -0.2) is 0 Å². The number of nitrogens with zero attached hydrogens (tertiary/aromatic N) is 1. The van der Waals surface area contributed by atoms with Crippen LogP contribution in [-0.2, 0) is 0 Å². The van der Waals surface area contributed by atoms with Crippen molar-refractivity contribution in [3.8, 4) is 6.07 Å². The summed E-state index contributed by atoms with van der Waals surface area (Å²) in [6, 6.07) is 18.6. The summed E-state index contributed by atoms with van der Waals surface area (Å²) in [4.78, 5) is 0. The van der Waals surface area contributed by atoms with Crippen LogP contribution in [0.15, 0.2) is 48.5 Å². The molecule has 0 bridgehead atoms. The molecule has 0 saturated carbocycles. The van der Waals surface area contributed by atoms with E-state index in [-0.39, 0.29) is 5.92 Å². The monoisotopic (exact) mass is 221 g/mol. The Labute approximate surface area is 102 Å². The molecule has 0 N–H and O–H groups in total. The minimum Gasteiger partial charge on any atom is -0.197 e. The Morgan fingerprint density at radius 2 is 1.59 bits per heavy atom. The van der Waals surface area contributed by atoms with Crippen molar-refractivity contribution in [2.45, 2.75) is 19.8 Å². The van der Waals surface area contributed by atoms with E-state index in [1.165, 1.54) is 11.1 Å². The van der Waals surface area contributed by atoms with Crippen molar-refractivity contribution in [1.82, 2.24) is 0 Å². The topological polar surface area (TPSA) is 23.8 Å². The van der Waals surface area contributed by atoms with Gasteiger partial charge in [-0.3, -0.25) is 0 Å². The van der Waals surface area contributed by atoms with E-state index in [4.69, 9.17) is 0 Å². The summed E-state index contributed by atoms with van der Waals surface area (Å²) in [7, 11) is 0. The van der Waals surface area contributed by atoms with Gasteiger partial charge in [-0.1, -0.05) is 54.1 Å². The Kier molecular flexibility index (Phi) is 3.25. The predicted octanol–water partition coefficient (Wildman–Crippen LogP) is 3.96. The molecule has 0 aliphatic carbocycles. The summed E-state index contributed by atoms with van der Waals surface area (Å²) < 4.78 is 0. The van der Waals surface area contributed by atoms with Gasteiger partial charge in [0.05, 0.1) is 12.0 Å². The molecule has 0 aliphatic rings. The molecule has 0 spiro atoms. The third-order valence-electron chi connectivity index (χ3n) is 3.04. The third-order valence-corrected chi connectivity index (χ3v) is 3.04. The predicted molar refractivity (Wildman–Crippen MR) is 69.8 cm³/mol. The van der Waals surface area contributed by atoms with E-state index < -0.39 is 0 Å². The number of hydrogen-bond donors (Lipinski definition) is 0. The van der Waals surface area contributed by atoms with E-state index in [0.717, 1.165) is 11.1 Å². The fourth-order valence-electron chi connectivity index (χ4n) is 1.99. The van der Waals surface area contributed by atoms with Crippen LogP contribution in [0.4, 0.5) is 0 Å². The van der Waals surface area contributed by atoms with Gasteiger partial charge in [0.2, 0.25) is 0 Å². The number of benzene rings is 2. The average Bonchev–Trinajstić information content (AvgIpc) is 2.35. The molecular weight excluding hydrogens is 206 g/mol. The quantitative estimate of drug-likeness (QED) is 0.753. The van der Waals surface area contributed by atoms with Gasteiger partial charge in [0.15, 0.2) is 0 Å². The van der Waals surface area contributed by atoms with Gasteiger partial charge >= 0.3 is 0 Å². The van der Waals surface area contributed by atoms with Gasteiger partial charge in [-0.2, -0.15) is 5.26 Å². The molecule has 0 aliphatic heterocycles. The second-order valence-corrected chi connectivity index (χ2v) is 4.33. The number of aryl methyl sites for hydroxylation is 2. The number of hydrogen-bond acceptors (Lipinski definition) is 1. The first-order valence-electron chi connectivity index (χ1n) is 5.74. The molecule has 0 amide bonds. The molecular formula is C16H15N. The van der Waals surface area contributed by atoms with E-state index in [0.29, 0.717) is 0 Å². The highest BCUT2D eigenvalue weighted by molar-refractivity contribution is 5.42. The van der Waals surface area contributed by atoms with Crippen molar-refractivity contribution in [2.24, 2.45) is 0 Å². The van der Waals surface area contributed by atoms with Gasteiger partial charge in [-0.15, -0.1) is 0 Å². The smallest absolute Gasteiger partial charge is 0.0965 e. The van der Waals surface area contributed by atoms with Crippen LogP contribution < -0.4 is 0 Å². The summed E-state index contributed by atoms with van der Waals surface area (Å²) in [6.07, 6.45) is 0. The van der Waals surface area contributed by atoms with Crippen molar-refractivity contribution in [1.29, 1.82) is 5.26 Å². The molecule has 0 saturated heterocycles. The van der Waals surface area contributed by atoms with Gasteiger partial charge in [-0.05, 0) is 30.5 Å². The maximum Gasteiger partial charge on any atom is 0.0965 e. The van der Waals surface area contributed by atoms with Gasteiger partial charge in [0, 0.05) is 0 Å². The van der Waals surface area contributed by atoms with Crippen LogP contribution in [0.5, 0.6) is 0 Å². The van der Waals surface area contributed by atoms with Gasteiger partial charge < -0.3 is 0 Å². The van der Waals surface area contributed by atoms with Gasteiger partial charge in [0.1, 0.15) is 0 Å². The van der Waals surface area contributed by atoms with Gasteiger partial charge in [0.25, 0.3) is 0 Å². The summed E-state index contributed by atoms with van der Waals surface area (Å²) in [5.41, 5.74) is 4.54. The molecule has 2 aromatic rings. The number of nitriles is 1. The lowest BCUT2D eigenvalue weighted by molar-refractivity contribution is 1.02. The van der Waals surface area contributed by atoms with E-state index in [1.54, 1.807) is 0 Å². The molecule has 17 heavy (non-hydrogen) atoms. The lowest BCUT2D eigenvalue weighted by Crippen LogP contribution is -2.00. The highest BCUT2D eigenvalue weighted by Gasteiger charge is 2.14. The highest BCUT2D eigenvalue weighted by atomic mass is 14.3. The lowest BCUT2D eigenvalue weighted by Gasteiger charge is -2.12. The Hall–Kier alpha value is -2.07. The maximum atomic E-state index is 9.38. The van der Waals surface area contributed by atoms with E-state index in [2.05, 4.69) is 25.1 Å². The zero-order valence-electron chi connectivity index (χ0n) is 10.1. The molecule has 1 atom stereocenters. The van der Waals surface area contributed by atoms with Crippen LogP contribution in [0.25, 0.3) is 0 Å². The molecule has 84 valence electrons. The SMILES string of the molecule is Cc1ccc(C(C#N)c2ccccc2C)cc1. The Balaban J connectivity index is 2.45. The van der Waals surface area contributed by atoms with Crippen molar-refractivity contribution in [2.75, 3.05) is 0 Å². The zero-order chi connectivity index (χ0) is 12.3. The summed E-state index contributed by atoms with van der Waals surface area (Å²) >= 11 is 0. The second kappa shape index (κ2) is 4.84. The maximum absolute atomic E-state index is 9.38. The minimum absolute atomic E-state index is 0.170. The van der Waals surface area contributed by atoms with Crippen LogP contribution in [0, 0.1) is 25.2 Å². The second-order valence-electron chi connectivity index (χ2n) is 4.33. The Bertz CT molecular complexity index is 546. The highest BCUT2D eigenvalue weighted by Crippen LogP contribution is 2.26. The van der Waals surface area contributed by atoms with E-state index in [9.17, 15) is 5.26 Å². The van der Waals surface area contributed by atoms with E-state index >= 15 is 0 Å². The van der Waals surface area contributed by atoms with Crippen molar-refractivity contribution in [3.05, 3.63) is 70.8 Å².